The van der Waals surface area contributed by atoms with E-state index in [2.05, 4.69) is 11.9 Å². The van der Waals surface area contributed by atoms with E-state index in [1.165, 1.54) is 12.8 Å². The molecule has 0 N–H and O–H groups in total. The molecule has 0 spiro atoms. The van der Waals surface area contributed by atoms with Gasteiger partial charge in [-0.25, -0.2) is 0 Å². The summed E-state index contributed by atoms with van der Waals surface area (Å²) >= 11 is 0. The molecular weight excluding hydrogens is 136 g/mol. The van der Waals surface area contributed by atoms with E-state index in [1.54, 1.807) is 0 Å². The molecule has 0 saturated carbocycles. The smallest absolute Gasteiger partial charge is 0.0886 e. The Kier molecular flexibility index (Phi) is 6.79. The lowest BCUT2D eigenvalue weighted by molar-refractivity contribution is 0.697. The van der Waals surface area contributed by atoms with Gasteiger partial charge in [0.2, 0.25) is 0 Å². The van der Waals surface area contributed by atoms with Crippen molar-refractivity contribution in [3.05, 3.63) is 12.3 Å². The normalized spacial score (nSPS) is 11.5. The lowest BCUT2D eigenvalue weighted by Crippen LogP contribution is -2.06. The van der Waals surface area contributed by atoms with Crippen molar-refractivity contribution in [1.82, 2.24) is 4.90 Å². The molecule has 0 aliphatic carbocycles. The molecule has 0 atom stereocenters. The minimum Gasteiger partial charge on any atom is -0.343 e. The Morgan fingerprint density at radius 2 is 2.18 bits per heavy atom. The van der Waals surface area contributed by atoms with Crippen LogP contribution in [0.4, 0.5) is 0 Å². The molecule has 2 heteroatoms. The van der Waals surface area contributed by atoms with Crippen LogP contribution in [-0.4, -0.2) is 24.8 Å². The van der Waals surface area contributed by atoms with Crippen LogP contribution >= 0.6 is 0 Å². The average Bonchev–Trinajstić information content (AvgIpc) is 1.99. The Balaban J connectivity index is 3.40. The molecule has 2 nitrogen and oxygen atoms in total. The second kappa shape index (κ2) is 7.32. The van der Waals surface area contributed by atoms with E-state index in [-0.39, 0.29) is 0 Å². The number of nitrogens with zero attached hydrogens (tertiary/aromatic N) is 2. The van der Waals surface area contributed by atoms with Crippen molar-refractivity contribution in [2.45, 2.75) is 26.7 Å². The fraction of sp³-hybridized carbons (Fsp3) is 0.667. The molecule has 0 aromatic carbocycles. The van der Waals surface area contributed by atoms with Crippen molar-refractivity contribution in [2.75, 3.05) is 13.6 Å². The van der Waals surface area contributed by atoms with E-state index in [1.807, 2.05) is 37.5 Å². The van der Waals surface area contributed by atoms with Crippen LogP contribution in [0, 0.1) is 0 Å². The number of hydrogen-bond donors (Lipinski definition) is 0. The Morgan fingerprint density at radius 1 is 1.45 bits per heavy atom. The third-order valence-corrected chi connectivity index (χ3v) is 1.29. The summed E-state index contributed by atoms with van der Waals surface area (Å²) in [5, 5.41) is 0. The SMILES string of the molecule is C/C=C\N(C)C=NCCCC. The van der Waals surface area contributed by atoms with Crippen molar-refractivity contribution in [1.29, 1.82) is 0 Å². The zero-order valence-electron chi connectivity index (χ0n) is 7.75. The maximum Gasteiger partial charge on any atom is 0.0886 e. The molecule has 0 fully saturated rings. The molecule has 0 aromatic heterocycles. The van der Waals surface area contributed by atoms with Gasteiger partial charge in [0.25, 0.3) is 0 Å². The number of unbranched alkanes of at least 4 members (excludes halogenated alkanes) is 1. The summed E-state index contributed by atoms with van der Waals surface area (Å²) in [4.78, 5) is 6.18. The first-order valence-corrected chi connectivity index (χ1v) is 4.16. The van der Waals surface area contributed by atoms with Gasteiger partial charge in [0.05, 0.1) is 6.34 Å². The molecule has 0 aliphatic rings. The lowest BCUT2D eigenvalue weighted by atomic mass is 10.3. The van der Waals surface area contributed by atoms with Gasteiger partial charge in [-0.05, 0) is 13.3 Å². The summed E-state index contributed by atoms with van der Waals surface area (Å²) in [6.45, 7) is 5.11. The highest BCUT2D eigenvalue weighted by atomic mass is 15.1. The molecule has 64 valence electrons. The van der Waals surface area contributed by atoms with E-state index < -0.39 is 0 Å². The molecule has 0 aliphatic heterocycles. The molecule has 0 heterocycles. The van der Waals surface area contributed by atoms with E-state index in [4.69, 9.17) is 0 Å². The van der Waals surface area contributed by atoms with Gasteiger partial charge in [0.1, 0.15) is 0 Å². The lowest BCUT2D eigenvalue weighted by Gasteiger charge is -2.04. The Morgan fingerprint density at radius 3 is 2.73 bits per heavy atom. The van der Waals surface area contributed by atoms with Gasteiger partial charge in [-0.15, -0.1) is 0 Å². The van der Waals surface area contributed by atoms with Crippen molar-refractivity contribution >= 4 is 6.34 Å². The molecule has 0 aromatic rings. The largest absolute Gasteiger partial charge is 0.343 e. The summed E-state index contributed by atoms with van der Waals surface area (Å²) in [7, 11) is 1.98. The maximum absolute atomic E-state index is 4.23. The van der Waals surface area contributed by atoms with Crippen LogP contribution in [0.5, 0.6) is 0 Å². The van der Waals surface area contributed by atoms with Gasteiger partial charge in [0.15, 0.2) is 0 Å². The third-order valence-electron chi connectivity index (χ3n) is 1.29. The average molecular weight is 154 g/mol. The van der Waals surface area contributed by atoms with Crippen molar-refractivity contribution in [3.8, 4) is 0 Å². The quantitative estimate of drug-likeness (QED) is 0.337. The molecule has 0 unspecified atom stereocenters. The maximum atomic E-state index is 4.23. The van der Waals surface area contributed by atoms with E-state index in [0.717, 1.165) is 6.54 Å². The topological polar surface area (TPSA) is 15.6 Å². The molecular formula is C9H18N2. The molecule has 11 heavy (non-hydrogen) atoms. The minimum atomic E-state index is 0.943. The first-order valence-electron chi connectivity index (χ1n) is 4.16. The van der Waals surface area contributed by atoms with Crippen molar-refractivity contribution in [3.63, 3.8) is 0 Å². The predicted octanol–water partition coefficient (Wildman–Crippen LogP) is 2.28. The minimum absolute atomic E-state index is 0.943. The van der Waals surface area contributed by atoms with Crippen LogP contribution in [0.2, 0.25) is 0 Å². The fourth-order valence-electron chi connectivity index (χ4n) is 0.710. The van der Waals surface area contributed by atoms with Gasteiger partial charge in [-0.1, -0.05) is 19.4 Å². The van der Waals surface area contributed by atoms with Crippen LogP contribution < -0.4 is 0 Å². The Bertz CT molecular complexity index is 128. The molecule has 0 rings (SSSR count). The van der Waals surface area contributed by atoms with E-state index >= 15 is 0 Å². The summed E-state index contributed by atoms with van der Waals surface area (Å²) in [6, 6.07) is 0. The fourth-order valence-corrected chi connectivity index (χ4v) is 0.710. The van der Waals surface area contributed by atoms with E-state index in [9.17, 15) is 0 Å². The molecule has 0 bridgehead atoms. The van der Waals surface area contributed by atoms with Crippen LogP contribution in [-0.2, 0) is 0 Å². The summed E-state index contributed by atoms with van der Waals surface area (Å²) in [6.07, 6.45) is 8.22. The Labute approximate surface area is 69.6 Å². The van der Waals surface area contributed by atoms with Gasteiger partial charge in [-0.3, -0.25) is 4.99 Å². The highest BCUT2D eigenvalue weighted by Gasteiger charge is 1.81. The monoisotopic (exact) mass is 154 g/mol. The van der Waals surface area contributed by atoms with Crippen molar-refractivity contribution < 1.29 is 0 Å². The van der Waals surface area contributed by atoms with Gasteiger partial charge >= 0.3 is 0 Å². The van der Waals surface area contributed by atoms with Gasteiger partial charge in [-0.2, -0.15) is 0 Å². The van der Waals surface area contributed by atoms with Gasteiger partial charge < -0.3 is 4.90 Å². The first kappa shape index (κ1) is 10.2. The summed E-state index contributed by atoms with van der Waals surface area (Å²) < 4.78 is 0. The zero-order valence-corrected chi connectivity index (χ0v) is 7.75. The zero-order chi connectivity index (χ0) is 8.53. The number of allylic oxidation sites excluding steroid dienone is 1. The third kappa shape index (κ3) is 7.10. The van der Waals surface area contributed by atoms with Crippen LogP contribution in [0.1, 0.15) is 26.7 Å². The number of hydrogen-bond acceptors (Lipinski definition) is 1. The first-order chi connectivity index (χ1) is 5.31. The summed E-state index contributed by atoms with van der Waals surface area (Å²) in [5.41, 5.74) is 0. The second-order valence-corrected chi connectivity index (χ2v) is 2.52. The molecule has 0 radical (unpaired) electrons. The van der Waals surface area contributed by atoms with Crippen molar-refractivity contribution in [2.24, 2.45) is 4.99 Å². The van der Waals surface area contributed by atoms with Crippen LogP contribution in [0.3, 0.4) is 0 Å². The second-order valence-electron chi connectivity index (χ2n) is 2.52. The standard InChI is InChI=1S/C9H18N2/c1-4-6-7-10-9-11(3)8-5-2/h5,8-9H,4,6-7H2,1-3H3/b8-5-,10-9?. The van der Waals surface area contributed by atoms with Crippen LogP contribution in [0.25, 0.3) is 0 Å². The molecule has 0 amide bonds. The highest BCUT2D eigenvalue weighted by Crippen LogP contribution is 1.86. The van der Waals surface area contributed by atoms with E-state index in [0.29, 0.717) is 0 Å². The highest BCUT2D eigenvalue weighted by molar-refractivity contribution is 5.55. The summed E-state index contributed by atoms with van der Waals surface area (Å²) in [5.74, 6) is 0. The van der Waals surface area contributed by atoms with Gasteiger partial charge in [0, 0.05) is 19.8 Å². The van der Waals surface area contributed by atoms with Crippen LogP contribution in [0.15, 0.2) is 17.3 Å². The molecule has 0 saturated heterocycles. The Hall–Kier alpha value is -0.790. The predicted molar refractivity (Wildman–Crippen MR) is 50.8 cm³/mol. The number of aliphatic imine (C=N–C) groups is 1. The number of rotatable bonds is 5.